The highest BCUT2D eigenvalue weighted by molar-refractivity contribution is 7.85. The van der Waals surface area contributed by atoms with E-state index in [0.29, 0.717) is 11.1 Å². The number of rotatable bonds is 4. The van der Waals surface area contributed by atoms with Gasteiger partial charge < -0.3 is 8.98 Å². The molecule has 0 spiro atoms. The van der Waals surface area contributed by atoms with Gasteiger partial charge in [0.05, 0.1) is 11.6 Å². The fraction of sp³-hybridized carbons (Fsp3) is 0. The monoisotopic (exact) mass is 469 g/mol. The number of nitrogens with zero attached hydrogens (tertiary/aromatic N) is 1. The van der Waals surface area contributed by atoms with Crippen molar-refractivity contribution in [2.24, 2.45) is 0 Å². The van der Waals surface area contributed by atoms with Gasteiger partial charge >= 0.3 is 0 Å². The van der Waals surface area contributed by atoms with Crippen LogP contribution in [0, 0.1) is 11.3 Å². The van der Waals surface area contributed by atoms with Gasteiger partial charge in [0.1, 0.15) is 11.2 Å². The molecule has 166 valence electrons. The van der Waals surface area contributed by atoms with Crippen LogP contribution < -0.4 is 15.9 Å². The van der Waals surface area contributed by atoms with Crippen molar-refractivity contribution >= 4 is 45.0 Å². The van der Waals surface area contributed by atoms with Crippen LogP contribution in [0.1, 0.15) is 5.56 Å². The number of benzene rings is 5. The normalized spacial score (nSPS) is 11.5. The molecule has 35 heavy (non-hydrogen) atoms. The lowest BCUT2D eigenvalue weighted by Gasteiger charge is -2.20. The third kappa shape index (κ3) is 3.56. The molecule has 0 amide bonds. The van der Waals surface area contributed by atoms with Gasteiger partial charge in [-0.25, -0.2) is 0 Å². The van der Waals surface area contributed by atoms with E-state index in [1.54, 1.807) is 12.1 Å². The molecule has 6 aromatic rings. The molecule has 4 heteroatoms. The maximum absolute atomic E-state index is 14.8. The summed E-state index contributed by atoms with van der Waals surface area (Å²) in [5.41, 5.74) is 4.04. The Morgan fingerprint density at radius 1 is 0.571 bits per heavy atom. The molecule has 0 aliphatic heterocycles. The highest BCUT2D eigenvalue weighted by Gasteiger charge is 2.29. The molecule has 0 saturated heterocycles. The number of fused-ring (bicyclic) bond motifs is 3. The molecule has 0 aliphatic carbocycles. The van der Waals surface area contributed by atoms with Gasteiger partial charge in [-0.2, -0.15) is 5.26 Å². The van der Waals surface area contributed by atoms with Crippen molar-refractivity contribution in [3.05, 3.63) is 127 Å². The third-order valence-corrected chi connectivity index (χ3v) is 9.44. The van der Waals surface area contributed by atoms with Crippen LogP contribution in [0.2, 0.25) is 0 Å². The van der Waals surface area contributed by atoms with Crippen LogP contribution in [-0.2, 0) is 4.57 Å². The lowest BCUT2D eigenvalue weighted by Crippen LogP contribution is -2.25. The van der Waals surface area contributed by atoms with Crippen molar-refractivity contribution in [3.63, 3.8) is 0 Å². The molecule has 0 fully saturated rings. The van der Waals surface area contributed by atoms with E-state index in [1.807, 2.05) is 103 Å². The number of hydrogen-bond donors (Lipinski definition) is 0. The molecule has 0 unspecified atom stereocenters. The first kappa shape index (κ1) is 21.2. The van der Waals surface area contributed by atoms with Crippen molar-refractivity contribution in [1.82, 2.24) is 0 Å². The summed E-state index contributed by atoms with van der Waals surface area (Å²) in [7, 11) is -3.06. The molecule has 1 aromatic heterocycles. The molecule has 0 N–H and O–H groups in total. The average Bonchev–Trinajstić information content (AvgIpc) is 3.30. The number of furan rings is 1. The van der Waals surface area contributed by atoms with E-state index in [0.717, 1.165) is 43.4 Å². The average molecular weight is 469 g/mol. The van der Waals surface area contributed by atoms with E-state index in [-0.39, 0.29) is 0 Å². The molecular weight excluding hydrogens is 449 g/mol. The summed E-state index contributed by atoms with van der Waals surface area (Å²) in [5.74, 6) is 0. The molecule has 0 bridgehead atoms. The molecule has 6 rings (SSSR count). The predicted molar refractivity (Wildman–Crippen MR) is 143 cm³/mol. The van der Waals surface area contributed by atoms with Crippen molar-refractivity contribution in [2.75, 3.05) is 0 Å². The minimum atomic E-state index is -3.06. The predicted octanol–water partition coefficient (Wildman–Crippen LogP) is 6.76. The van der Waals surface area contributed by atoms with Gasteiger partial charge in [0, 0.05) is 26.7 Å². The van der Waals surface area contributed by atoms with E-state index in [4.69, 9.17) is 4.42 Å². The quantitative estimate of drug-likeness (QED) is 0.268. The second-order valence-electron chi connectivity index (χ2n) is 8.47. The molecule has 0 aliphatic rings. The second-order valence-corrected chi connectivity index (χ2v) is 11.2. The van der Waals surface area contributed by atoms with Crippen LogP contribution in [0.15, 0.2) is 126 Å². The van der Waals surface area contributed by atoms with Crippen molar-refractivity contribution < 1.29 is 8.98 Å². The Balaban J connectivity index is 1.52. The fourth-order valence-corrected chi connectivity index (χ4v) is 7.33. The summed E-state index contributed by atoms with van der Waals surface area (Å²) in [4.78, 5) is 0. The highest BCUT2D eigenvalue weighted by atomic mass is 31.2. The minimum absolute atomic E-state index is 0.571. The number of hydrogen-bond acceptors (Lipinski definition) is 3. The Hall–Kier alpha value is -4.38. The smallest absolute Gasteiger partial charge is 0.171 e. The topological polar surface area (TPSA) is 54.0 Å². The van der Waals surface area contributed by atoms with Gasteiger partial charge in [-0.15, -0.1) is 0 Å². The van der Waals surface area contributed by atoms with Crippen LogP contribution in [-0.4, -0.2) is 0 Å². The van der Waals surface area contributed by atoms with Crippen LogP contribution >= 0.6 is 7.14 Å². The minimum Gasteiger partial charge on any atom is -0.456 e. The fourth-order valence-electron chi connectivity index (χ4n) is 4.63. The maximum Gasteiger partial charge on any atom is 0.171 e. The van der Waals surface area contributed by atoms with Crippen LogP contribution in [0.3, 0.4) is 0 Å². The summed E-state index contributed by atoms with van der Waals surface area (Å²) < 4.78 is 20.8. The summed E-state index contributed by atoms with van der Waals surface area (Å²) in [6.07, 6.45) is 0. The van der Waals surface area contributed by atoms with E-state index in [9.17, 15) is 9.83 Å². The summed E-state index contributed by atoms with van der Waals surface area (Å²) in [5, 5.41) is 13.6. The van der Waals surface area contributed by atoms with Crippen molar-refractivity contribution in [2.45, 2.75) is 0 Å². The molecule has 5 aromatic carbocycles. The van der Waals surface area contributed by atoms with Crippen molar-refractivity contribution in [1.29, 1.82) is 5.26 Å². The molecule has 0 atom stereocenters. The Bertz CT molecular complexity index is 1740. The third-order valence-electron chi connectivity index (χ3n) is 6.38. The van der Waals surface area contributed by atoms with Gasteiger partial charge in [0.25, 0.3) is 0 Å². The number of nitriles is 1. The standard InChI is InChI=1S/C31H20NO2P/c32-21-22-14-16-28-29-20-24(15-17-30(29)34-31(28)18-22)23-8-7-13-27(19-23)35(33,25-9-3-1-4-10-25)26-11-5-2-6-12-26/h1-20H. The Morgan fingerprint density at radius 2 is 1.23 bits per heavy atom. The molecular formula is C31H20NO2P. The highest BCUT2D eigenvalue weighted by Crippen LogP contribution is 2.43. The Labute approximate surface area is 203 Å². The van der Waals surface area contributed by atoms with E-state index in [1.165, 1.54) is 0 Å². The first-order valence-corrected chi connectivity index (χ1v) is 13.1. The molecule has 1 heterocycles. The van der Waals surface area contributed by atoms with Gasteiger partial charge in [0.2, 0.25) is 0 Å². The largest absolute Gasteiger partial charge is 0.456 e. The van der Waals surface area contributed by atoms with Crippen LogP contribution in [0.4, 0.5) is 0 Å². The van der Waals surface area contributed by atoms with E-state index >= 15 is 0 Å². The molecule has 0 radical (unpaired) electrons. The van der Waals surface area contributed by atoms with Crippen molar-refractivity contribution in [3.8, 4) is 17.2 Å². The summed E-state index contributed by atoms with van der Waals surface area (Å²) >= 11 is 0. The van der Waals surface area contributed by atoms with E-state index < -0.39 is 7.14 Å². The first-order valence-electron chi connectivity index (χ1n) is 11.4. The SMILES string of the molecule is N#Cc1ccc2c(c1)oc1ccc(-c3cccc(P(=O)(c4ccccc4)c4ccccc4)c3)cc12. The zero-order chi connectivity index (χ0) is 23.8. The lowest BCUT2D eigenvalue weighted by molar-refractivity contribution is 0.592. The molecule has 0 saturated carbocycles. The van der Waals surface area contributed by atoms with E-state index in [2.05, 4.69) is 12.1 Å². The molecule has 3 nitrogen and oxygen atoms in total. The van der Waals surface area contributed by atoms with Gasteiger partial charge in [-0.1, -0.05) is 84.9 Å². The zero-order valence-corrected chi connectivity index (χ0v) is 19.7. The Morgan fingerprint density at radius 3 is 1.91 bits per heavy atom. The lowest BCUT2D eigenvalue weighted by atomic mass is 10.0. The van der Waals surface area contributed by atoms with Crippen LogP contribution in [0.5, 0.6) is 0 Å². The second kappa shape index (κ2) is 8.44. The first-order chi connectivity index (χ1) is 17.2. The van der Waals surface area contributed by atoms with Gasteiger partial charge in [-0.05, 0) is 47.5 Å². The zero-order valence-electron chi connectivity index (χ0n) is 18.8. The summed E-state index contributed by atoms with van der Waals surface area (Å²) in [6.45, 7) is 0. The van der Waals surface area contributed by atoms with Gasteiger partial charge in [0.15, 0.2) is 7.14 Å². The maximum atomic E-state index is 14.8. The van der Waals surface area contributed by atoms with Gasteiger partial charge in [-0.3, -0.25) is 0 Å². The van der Waals surface area contributed by atoms with Crippen LogP contribution in [0.25, 0.3) is 33.1 Å². The summed E-state index contributed by atoms with van der Waals surface area (Å²) in [6, 6.07) is 41.2. The Kier molecular flexibility index (Phi) is 5.10.